The molecule has 25 heavy (non-hydrogen) atoms. The second kappa shape index (κ2) is 6.67. The summed E-state index contributed by atoms with van der Waals surface area (Å²) in [7, 11) is -1.51. The molecule has 7 nitrogen and oxygen atoms in total. The standard InChI is InChI=1S/C17H22N2O5S/c1-24-14-5-3-2-4-12(14)10-18-15(20)17(7-8-17)16(21)19-13-6-9-25(22,23)11-13/h2-5,13H,6-11H2,1H3,(H,18,20)(H,19,21). The number of ether oxygens (including phenoxy) is 1. The molecule has 0 radical (unpaired) electrons. The van der Waals surface area contributed by atoms with E-state index in [2.05, 4.69) is 10.6 Å². The third kappa shape index (κ3) is 3.78. The molecule has 0 bridgehead atoms. The topological polar surface area (TPSA) is 102 Å². The van der Waals surface area contributed by atoms with Gasteiger partial charge in [0, 0.05) is 18.2 Å². The van der Waals surface area contributed by atoms with Gasteiger partial charge in [-0.1, -0.05) is 18.2 Å². The summed E-state index contributed by atoms with van der Waals surface area (Å²) < 4.78 is 28.2. The average Bonchev–Trinajstić information content (AvgIpc) is 3.33. The second-order valence-corrected chi connectivity index (χ2v) is 8.88. The van der Waals surface area contributed by atoms with E-state index >= 15 is 0 Å². The van der Waals surface area contributed by atoms with Crippen molar-refractivity contribution in [2.45, 2.75) is 31.8 Å². The van der Waals surface area contributed by atoms with Gasteiger partial charge in [0.2, 0.25) is 11.8 Å². The number of carbonyl (C=O) groups excluding carboxylic acids is 2. The van der Waals surface area contributed by atoms with Crippen LogP contribution < -0.4 is 15.4 Å². The van der Waals surface area contributed by atoms with Gasteiger partial charge in [-0.2, -0.15) is 0 Å². The van der Waals surface area contributed by atoms with E-state index in [1.807, 2.05) is 24.3 Å². The predicted molar refractivity (Wildman–Crippen MR) is 91.7 cm³/mol. The molecule has 8 heteroatoms. The summed E-state index contributed by atoms with van der Waals surface area (Å²) in [4.78, 5) is 25.0. The van der Waals surface area contributed by atoms with Gasteiger partial charge in [0.1, 0.15) is 11.2 Å². The van der Waals surface area contributed by atoms with Gasteiger partial charge in [-0.05, 0) is 25.3 Å². The molecule has 2 N–H and O–H groups in total. The first-order chi connectivity index (χ1) is 11.9. The lowest BCUT2D eigenvalue weighted by Crippen LogP contribution is -2.46. The molecule has 1 atom stereocenters. The molecule has 0 spiro atoms. The number of hydrogen-bond acceptors (Lipinski definition) is 5. The van der Waals surface area contributed by atoms with Crippen molar-refractivity contribution in [2.24, 2.45) is 5.41 Å². The van der Waals surface area contributed by atoms with Crippen molar-refractivity contribution in [3.05, 3.63) is 29.8 Å². The Morgan fingerprint density at radius 1 is 1.24 bits per heavy atom. The molecule has 136 valence electrons. The Hall–Kier alpha value is -2.09. The van der Waals surface area contributed by atoms with Gasteiger partial charge in [0.05, 0.1) is 18.6 Å². The Morgan fingerprint density at radius 2 is 1.96 bits per heavy atom. The molecule has 1 aliphatic heterocycles. The SMILES string of the molecule is COc1ccccc1CNC(=O)C1(C(=O)NC2CCS(=O)(=O)C2)CC1. The Bertz CT molecular complexity index is 786. The summed E-state index contributed by atoms with van der Waals surface area (Å²) in [6.07, 6.45) is 1.37. The molecular weight excluding hydrogens is 344 g/mol. The Morgan fingerprint density at radius 3 is 2.56 bits per heavy atom. The number of nitrogens with one attached hydrogen (secondary N) is 2. The van der Waals surface area contributed by atoms with Crippen LogP contribution in [0.5, 0.6) is 5.75 Å². The fourth-order valence-electron chi connectivity index (χ4n) is 3.11. The minimum Gasteiger partial charge on any atom is -0.496 e. The summed E-state index contributed by atoms with van der Waals surface area (Å²) in [5.74, 6) is 0.0277. The van der Waals surface area contributed by atoms with Crippen LogP contribution in [0, 0.1) is 5.41 Å². The molecule has 1 heterocycles. The van der Waals surface area contributed by atoms with Crippen LogP contribution in [0.3, 0.4) is 0 Å². The normalized spacial score (nSPS) is 22.8. The van der Waals surface area contributed by atoms with Crippen molar-refractivity contribution in [3.8, 4) is 5.75 Å². The average molecular weight is 366 g/mol. The molecule has 1 aromatic rings. The highest BCUT2D eigenvalue weighted by atomic mass is 32.2. The molecule has 2 aliphatic rings. The van der Waals surface area contributed by atoms with Crippen LogP contribution in [0.1, 0.15) is 24.8 Å². The highest BCUT2D eigenvalue weighted by molar-refractivity contribution is 7.91. The maximum atomic E-state index is 12.5. The molecule has 1 unspecified atom stereocenters. The van der Waals surface area contributed by atoms with Gasteiger partial charge in [0.15, 0.2) is 9.84 Å². The summed E-state index contributed by atoms with van der Waals surface area (Å²) in [5, 5.41) is 5.54. The monoisotopic (exact) mass is 366 g/mol. The smallest absolute Gasteiger partial charge is 0.235 e. The fraction of sp³-hybridized carbons (Fsp3) is 0.529. The molecular formula is C17H22N2O5S. The van der Waals surface area contributed by atoms with Crippen molar-refractivity contribution in [1.29, 1.82) is 0 Å². The minimum atomic E-state index is -3.07. The number of benzene rings is 1. The zero-order valence-corrected chi connectivity index (χ0v) is 14.9. The fourth-order valence-corrected chi connectivity index (χ4v) is 4.78. The van der Waals surface area contributed by atoms with Crippen LogP contribution in [-0.2, 0) is 26.0 Å². The highest BCUT2D eigenvalue weighted by Crippen LogP contribution is 2.46. The van der Waals surface area contributed by atoms with Gasteiger partial charge in [0.25, 0.3) is 0 Å². The van der Waals surface area contributed by atoms with E-state index in [4.69, 9.17) is 4.74 Å². The van der Waals surface area contributed by atoms with Crippen LogP contribution in [0.25, 0.3) is 0 Å². The lowest BCUT2D eigenvalue weighted by molar-refractivity contribution is -0.137. The van der Waals surface area contributed by atoms with Crippen LogP contribution >= 0.6 is 0 Å². The van der Waals surface area contributed by atoms with E-state index in [0.717, 1.165) is 5.56 Å². The third-order valence-electron chi connectivity index (χ3n) is 4.82. The molecule has 2 amide bonds. The van der Waals surface area contributed by atoms with E-state index in [9.17, 15) is 18.0 Å². The number of para-hydroxylation sites is 1. The van der Waals surface area contributed by atoms with Gasteiger partial charge in [-0.3, -0.25) is 9.59 Å². The zero-order valence-electron chi connectivity index (χ0n) is 14.1. The highest BCUT2D eigenvalue weighted by Gasteiger charge is 2.57. The zero-order chi connectivity index (χ0) is 18.1. The first-order valence-electron chi connectivity index (χ1n) is 8.28. The number of amides is 2. The Kier molecular flexibility index (Phi) is 4.73. The predicted octanol–water partition coefficient (Wildman–Crippen LogP) is 0.395. The van der Waals surface area contributed by atoms with Crippen molar-refractivity contribution < 1.29 is 22.7 Å². The molecule has 1 saturated heterocycles. The van der Waals surface area contributed by atoms with Gasteiger partial charge in [-0.15, -0.1) is 0 Å². The second-order valence-electron chi connectivity index (χ2n) is 6.65. The molecule has 1 aromatic carbocycles. The molecule has 2 fully saturated rings. The van der Waals surface area contributed by atoms with Gasteiger partial charge < -0.3 is 15.4 Å². The lowest BCUT2D eigenvalue weighted by Gasteiger charge is -2.18. The Labute approximate surface area is 147 Å². The number of sulfone groups is 1. The summed E-state index contributed by atoms with van der Waals surface area (Å²) >= 11 is 0. The maximum absolute atomic E-state index is 12.5. The number of rotatable bonds is 6. The van der Waals surface area contributed by atoms with Crippen molar-refractivity contribution >= 4 is 21.7 Å². The minimum absolute atomic E-state index is 0.0440. The molecule has 3 rings (SSSR count). The first kappa shape index (κ1) is 17.7. The van der Waals surface area contributed by atoms with Crippen molar-refractivity contribution in [2.75, 3.05) is 18.6 Å². The van der Waals surface area contributed by atoms with Crippen LogP contribution in [0.2, 0.25) is 0 Å². The molecule has 1 aliphatic carbocycles. The summed E-state index contributed by atoms with van der Waals surface area (Å²) in [6, 6.07) is 6.96. The van der Waals surface area contributed by atoms with Crippen LogP contribution in [0.4, 0.5) is 0 Å². The van der Waals surface area contributed by atoms with E-state index < -0.39 is 21.3 Å². The maximum Gasteiger partial charge on any atom is 0.235 e. The van der Waals surface area contributed by atoms with E-state index in [1.165, 1.54) is 0 Å². The number of hydrogen-bond donors (Lipinski definition) is 2. The van der Waals surface area contributed by atoms with Gasteiger partial charge >= 0.3 is 0 Å². The quantitative estimate of drug-likeness (QED) is 0.710. The number of methoxy groups -OCH3 is 1. The summed E-state index contributed by atoms with van der Waals surface area (Å²) in [5.41, 5.74) is -0.231. The van der Waals surface area contributed by atoms with Gasteiger partial charge in [-0.25, -0.2) is 8.42 Å². The van der Waals surface area contributed by atoms with Crippen LogP contribution in [0.15, 0.2) is 24.3 Å². The van der Waals surface area contributed by atoms with E-state index in [0.29, 0.717) is 25.0 Å². The first-order valence-corrected chi connectivity index (χ1v) is 10.1. The molecule has 0 aromatic heterocycles. The summed E-state index contributed by atoms with van der Waals surface area (Å²) in [6.45, 7) is 0.273. The lowest BCUT2D eigenvalue weighted by atomic mass is 10.0. The van der Waals surface area contributed by atoms with Crippen LogP contribution in [-0.4, -0.2) is 44.9 Å². The third-order valence-corrected chi connectivity index (χ3v) is 6.59. The largest absolute Gasteiger partial charge is 0.496 e. The van der Waals surface area contributed by atoms with E-state index in [1.54, 1.807) is 7.11 Å². The van der Waals surface area contributed by atoms with Crippen molar-refractivity contribution in [1.82, 2.24) is 10.6 Å². The van der Waals surface area contributed by atoms with E-state index in [-0.39, 0.29) is 29.9 Å². The number of carbonyl (C=O) groups is 2. The molecule has 1 saturated carbocycles. The van der Waals surface area contributed by atoms with Crippen molar-refractivity contribution in [3.63, 3.8) is 0 Å². The Balaban J connectivity index is 1.58.